The molecule has 2 aromatic heterocycles. The Labute approximate surface area is 218 Å². The van der Waals surface area contributed by atoms with E-state index in [1.54, 1.807) is 26.5 Å². The van der Waals surface area contributed by atoms with Crippen molar-refractivity contribution in [3.63, 3.8) is 0 Å². The first-order valence-electron chi connectivity index (χ1n) is 10.8. The standard InChI is InChI=1S/C26H21Cl2N3O3S/c1-32-15-9-10-21(33-2)19(14-15)31-25(24(30-26(31)35)18-8-3-4-13-29-18)22-12-11-20(34-22)16-6-5-7-17(27)23(16)28/h3-14,24-25H,1-2H3,(H,30,35)/t24-,25+/m0/s1. The number of benzene rings is 2. The maximum atomic E-state index is 6.47. The van der Waals surface area contributed by atoms with Crippen LogP contribution < -0.4 is 19.7 Å². The highest BCUT2D eigenvalue weighted by Crippen LogP contribution is 2.47. The van der Waals surface area contributed by atoms with Crippen LogP contribution in [-0.4, -0.2) is 24.3 Å². The number of furan rings is 1. The van der Waals surface area contributed by atoms with Crippen LogP contribution in [0.25, 0.3) is 11.3 Å². The van der Waals surface area contributed by atoms with Gasteiger partial charge in [0, 0.05) is 17.8 Å². The second-order valence-corrected chi connectivity index (χ2v) is 9.01. The van der Waals surface area contributed by atoms with E-state index in [0.717, 1.165) is 11.4 Å². The van der Waals surface area contributed by atoms with Gasteiger partial charge in [-0.05, 0) is 60.7 Å². The van der Waals surface area contributed by atoms with E-state index in [1.807, 2.05) is 65.6 Å². The zero-order valence-corrected chi connectivity index (χ0v) is 21.2. The number of anilines is 1. The number of methoxy groups -OCH3 is 2. The topological polar surface area (TPSA) is 59.8 Å². The van der Waals surface area contributed by atoms with Gasteiger partial charge in [-0.3, -0.25) is 4.98 Å². The van der Waals surface area contributed by atoms with Crippen molar-refractivity contribution in [1.29, 1.82) is 0 Å². The Balaban J connectivity index is 1.65. The molecule has 5 rings (SSSR count). The highest BCUT2D eigenvalue weighted by molar-refractivity contribution is 7.80. The summed E-state index contributed by atoms with van der Waals surface area (Å²) in [5.41, 5.74) is 2.27. The summed E-state index contributed by atoms with van der Waals surface area (Å²) in [6.07, 6.45) is 1.76. The molecule has 178 valence electrons. The number of aromatic nitrogens is 1. The van der Waals surface area contributed by atoms with Gasteiger partial charge in [-0.1, -0.05) is 35.3 Å². The summed E-state index contributed by atoms with van der Waals surface area (Å²) in [6, 6.07) is 19.9. The molecule has 0 radical (unpaired) electrons. The van der Waals surface area contributed by atoms with Gasteiger partial charge in [-0.25, -0.2) is 0 Å². The van der Waals surface area contributed by atoms with Crippen LogP contribution in [0.15, 0.2) is 77.3 Å². The van der Waals surface area contributed by atoms with Crippen molar-refractivity contribution in [3.8, 4) is 22.8 Å². The molecule has 1 aliphatic rings. The summed E-state index contributed by atoms with van der Waals surface area (Å²) in [4.78, 5) is 6.55. The maximum Gasteiger partial charge on any atom is 0.174 e. The molecule has 1 saturated heterocycles. The molecule has 0 amide bonds. The Hall–Kier alpha value is -3.26. The molecule has 1 N–H and O–H groups in total. The molecule has 2 aromatic carbocycles. The van der Waals surface area contributed by atoms with E-state index >= 15 is 0 Å². The number of nitrogens with zero attached hydrogens (tertiary/aromatic N) is 2. The summed E-state index contributed by atoms with van der Waals surface area (Å²) < 4.78 is 17.5. The lowest BCUT2D eigenvalue weighted by Crippen LogP contribution is -2.29. The highest BCUT2D eigenvalue weighted by Gasteiger charge is 2.43. The van der Waals surface area contributed by atoms with E-state index in [1.165, 1.54) is 0 Å². The van der Waals surface area contributed by atoms with Crippen LogP contribution in [0.5, 0.6) is 11.5 Å². The van der Waals surface area contributed by atoms with Crippen molar-refractivity contribution in [2.45, 2.75) is 12.1 Å². The fourth-order valence-corrected chi connectivity index (χ4v) is 4.97. The van der Waals surface area contributed by atoms with Crippen LogP contribution in [0.4, 0.5) is 5.69 Å². The molecule has 0 saturated carbocycles. The minimum absolute atomic E-state index is 0.284. The second-order valence-electron chi connectivity index (χ2n) is 7.84. The van der Waals surface area contributed by atoms with Crippen LogP contribution in [-0.2, 0) is 0 Å². The molecular formula is C26H21Cl2N3O3S. The molecular weight excluding hydrogens is 505 g/mol. The minimum atomic E-state index is -0.370. The average Bonchev–Trinajstić information content (AvgIpc) is 3.50. The molecule has 3 heterocycles. The molecule has 6 nitrogen and oxygen atoms in total. The molecule has 9 heteroatoms. The maximum absolute atomic E-state index is 6.47. The Morgan fingerprint density at radius 2 is 1.86 bits per heavy atom. The zero-order valence-electron chi connectivity index (χ0n) is 18.9. The van der Waals surface area contributed by atoms with Crippen molar-refractivity contribution in [3.05, 3.63) is 94.4 Å². The van der Waals surface area contributed by atoms with E-state index < -0.39 is 0 Å². The minimum Gasteiger partial charge on any atom is -0.497 e. The van der Waals surface area contributed by atoms with E-state index in [4.69, 9.17) is 49.3 Å². The van der Waals surface area contributed by atoms with Gasteiger partial charge in [0.05, 0.1) is 41.7 Å². The van der Waals surface area contributed by atoms with E-state index in [-0.39, 0.29) is 12.1 Å². The molecule has 0 spiro atoms. The second kappa shape index (κ2) is 9.77. The van der Waals surface area contributed by atoms with E-state index in [0.29, 0.717) is 43.7 Å². The quantitative estimate of drug-likeness (QED) is 0.276. The van der Waals surface area contributed by atoms with Crippen LogP contribution in [0.3, 0.4) is 0 Å². The van der Waals surface area contributed by atoms with Gasteiger partial charge in [0.15, 0.2) is 5.11 Å². The zero-order chi connectivity index (χ0) is 24.5. The number of pyridine rings is 1. The van der Waals surface area contributed by atoms with Gasteiger partial charge < -0.3 is 24.1 Å². The molecule has 35 heavy (non-hydrogen) atoms. The smallest absolute Gasteiger partial charge is 0.174 e. The van der Waals surface area contributed by atoms with Gasteiger partial charge in [-0.2, -0.15) is 0 Å². The monoisotopic (exact) mass is 525 g/mol. The summed E-state index contributed by atoms with van der Waals surface area (Å²) in [5, 5.41) is 4.82. The van der Waals surface area contributed by atoms with Gasteiger partial charge in [0.2, 0.25) is 0 Å². The van der Waals surface area contributed by atoms with Gasteiger partial charge in [0.25, 0.3) is 0 Å². The number of thiocarbonyl (C=S) groups is 1. The first kappa shape index (κ1) is 23.5. The Morgan fingerprint density at radius 3 is 2.60 bits per heavy atom. The normalized spacial score (nSPS) is 17.4. The van der Waals surface area contributed by atoms with Crippen LogP contribution >= 0.6 is 35.4 Å². The first-order chi connectivity index (χ1) is 17.0. The fourth-order valence-electron chi connectivity index (χ4n) is 4.24. The Bertz CT molecular complexity index is 1380. The number of halogens is 2. The number of hydrogen-bond acceptors (Lipinski definition) is 5. The summed E-state index contributed by atoms with van der Waals surface area (Å²) in [7, 11) is 3.24. The van der Waals surface area contributed by atoms with Crippen LogP contribution in [0.1, 0.15) is 23.5 Å². The van der Waals surface area contributed by atoms with Gasteiger partial charge in [-0.15, -0.1) is 0 Å². The van der Waals surface area contributed by atoms with Crippen molar-refractivity contribution in [2.75, 3.05) is 19.1 Å². The first-order valence-corrected chi connectivity index (χ1v) is 11.9. The SMILES string of the molecule is COc1ccc(OC)c(N2C(=S)N[C@@H](c3ccccn3)[C@H]2c2ccc(-c3cccc(Cl)c3Cl)o2)c1. The lowest BCUT2D eigenvalue weighted by Gasteiger charge is -2.27. The summed E-state index contributed by atoms with van der Waals surface area (Å²) in [5.74, 6) is 2.59. The summed E-state index contributed by atoms with van der Waals surface area (Å²) >= 11 is 18.5. The van der Waals surface area contributed by atoms with Crippen molar-refractivity contribution in [1.82, 2.24) is 10.3 Å². The van der Waals surface area contributed by atoms with Crippen LogP contribution in [0.2, 0.25) is 10.0 Å². The molecule has 0 unspecified atom stereocenters. The predicted molar refractivity (Wildman–Crippen MR) is 142 cm³/mol. The van der Waals surface area contributed by atoms with Gasteiger partial charge >= 0.3 is 0 Å². The third-order valence-electron chi connectivity index (χ3n) is 5.88. The van der Waals surface area contributed by atoms with E-state index in [2.05, 4.69) is 10.3 Å². The fraction of sp³-hybridized carbons (Fsp3) is 0.154. The third kappa shape index (κ3) is 4.31. The number of ether oxygens (including phenoxy) is 2. The largest absolute Gasteiger partial charge is 0.497 e. The Morgan fingerprint density at radius 1 is 1.00 bits per heavy atom. The molecule has 1 aliphatic heterocycles. The lowest BCUT2D eigenvalue weighted by atomic mass is 10.0. The van der Waals surface area contributed by atoms with Crippen molar-refractivity contribution < 1.29 is 13.9 Å². The van der Waals surface area contributed by atoms with E-state index in [9.17, 15) is 0 Å². The van der Waals surface area contributed by atoms with Crippen molar-refractivity contribution >= 4 is 46.2 Å². The van der Waals surface area contributed by atoms with Crippen LogP contribution in [0, 0.1) is 0 Å². The molecule has 0 bridgehead atoms. The number of rotatable bonds is 6. The molecule has 0 aliphatic carbocycles. The number of nitrogens with one attached hydrogen (secondary N) is 1. The molecule has 4 aromatic rings. The lowest BCUT2D eigenvalue weighted by molar-refractivity contribution is 0.400. The molecule has 1 fully saturated rings. The number of hydrogen-bond donors (Lipinski definition) is 1. The summed E-state index contributed by atoms with van der Waals surface area (Å²) in [6.45, 7) is 0. The Kier molecular flexibility index (Phi) is 6.56. The third-order valence-corrected chi connectivity index (χ3v) is 7.01. The molecule has 2 atom stereocenters. The highest BCUT2D eigenvalue weighted by atomic mass is 35.5. The van der Waals surface area contributed by atoms with Crippen molar-refractivity contribution in [2.24, 2.45) is 0 Å². The predicted octanol–water partition coefficient (Wildman–Crippen LogP) is 6.84. The van der Waals surface area contributed by atoms with Gasteiger partial charge in [0.1, 0.15) is 29.1 Å². The average molecular weight is 526 g/mol.